The van der Waals surface area contributed by atoms with Crippen molar-refractivity contribution in [2.75, 3.05) is 4.90 Å². The second kappa shape index (κ2) is 12.9. The lowest BCUT2D eigenvalue weighted by molar-refractivity contribution is 0.0425. The molecule has 0 fully saturated rings. The normalized spacial score (nSPS) is 13.7. The van der Waals surface area contributed by atoms with Gasteiger partial charge in [0.25, 0.3) is 0 Å². The maximum absolute atomic E-state index is 12.0. The fourth-order valence-corrected chi connectivity index (χ4v) is 6.23. The zero-order valence-corrected chi connectivity index (χ0v) is 28.0. The molecule has 6 aromatic rings. The van der Waals surface area contributed by atoms with Gasteiger partial charge in [-0.05, 0) is 127 Å². The van der Waals surface area contributed by atoms with E-state index in [-0.39, 0.29) is 33.4 Å². The van der Waals surface area contributed by atoms with Crippen molar-refractivity contribution in [3.05, 3.63) is 161 Å². The molecule has 55 heavy (non-hydrogen) atoms. The van der Waals surface area contributed by atoms with Crippen LogP contribution >= 0.6 is 0 Å². The first-order valence-electron chi connectivity index (χ1n) is 16.5. The number of anilines is 3. The molecule has 0 amide bonds. The highest BCUT2D eigenvalue weighted by atomic mass is 16.6. The van der Waals surface area contributed by atoms with Gasteiger partial charge in [0.2, 0.25) is 0 Å². The summed E-state index contributed by atoms with van der Waals surface area (Å²) in [6.45, 7) is 0. The molecule has 266 valence electrons. The van der Waals surface area contributed by atoms with Crippen LogP contribution in [0.4, 0.5) is 17.1 Å². The lowest BCUT2D eigenvalue weighted by Gasteiger charge is -2.26. The SMILES string of the molecule is O=C1OC(=O)c2cc(Oc3ccc(N(c4ccc(Oc5ccc6c(c5)C(=O)OC6=O)cc4)c4ccc(Oc5ccc6c(c5)C(=O)OC6=O)cc4)cc3)ccc21. The van der Waals surface area contributed by atoms with Crippen LogP contribution < -0.4 is 19.1 Å². The second-order valence-corrected chi connectivity index (χ2v) is 12.3. The minimum atomic E-state index is -0.730. The number of rotatable bonds is 9. The molecule has 0 atom stereocenters. The highest BCUT2D eigenvalue weighted by molar-refractivity contribution is 6.16. The molecule has 0 saturated heterocycles. The molecule has 0 saturated carbocycles. The maximum atomic E-state index is 12.0. The van der Waals surface area contributed by atoms with Gasteiger partial charge in [0.15, 0.2) is 0 Å². The van der Waals surface area contributed by atoms with Crippen LogP contribution in [0.2, 0.25) is 0 Å². The standard InChI is InChI=1S/C42H21NO12/c44-37-31-16-13-28(19-34(31)40(47)53-37)50-25-7-1-22(2-8-25)43(23-3-9-26(10-4-23)51-29-14-17-32-35(20-29)41(48)54-38(32)45)24-5-11-27(12-6-24)52-30-15-18-33-36(21-30)42(49)55-39(33)46/h1-21H. The number of benzene rings is 6. The van der Waals surface area contributed by atoms with E-state index in [1.807, 2.05) is 41.3 Å². The van der Waals surface area contributed by atoms with E-state index in [9.17, 15) is 28.8 Å². The van der Waals surface area contributed by atoms with Crippen molar-refractivity contribution in [2.45, 2.75) is 0 Å². The topological polar surface area (TPSA) is 161 Å². The first-order chi connectivity index (χ1) is 26.7. The van der Waals surface area contributed by atoms with Crippen molar-refractivity contribution in [3.63, 3.8) is 0 Å². The molecular formula is C42H21NO12. The second-order valence-electron chi connectivity index (χ2n) is 12.3. The smallest absolute Gasteiger partial charge is 0.347 e. The summed E-state index contributed by atoms with van der Waals surface area (Å²) in [5, 5.41) is 0. The summed E-state index contributed by atoms with van der Waals surface area (Å²) in [4.78, 5) is 73.6. The van der Waals surface area contributed by atoms with Crippen LogP contribution in [0.25, 0.3) is 0 Å². The molecule has 13 heteroatoms. The summed E-state index contributed by atoms with van der Waals surface area (Å²) < 4.78 is 32.0. The fourth-order valence-electron chi connectivity index (χ4n) is 6.23. The Labute approximate surface area is 309 Å². The van der Waals surface area contributed by atoms with E-state index in [1.165, 1.54) is 36.4 Å². The van der Waals surface area contributed by atoms with Crippen LogP contribution in [0.3, 0.4) is 0 Å². The summed E-state index contributed by atoms with van der Waals surface area (Å²) in [6.07, 6.45) is 0. The molecule has 3 heterocycles. The van der Waals surface area contributed by atoms with Gasteiger partial charge in [0.05, 0.1) is 33.4 Å². The van der Waals surface area contributed by atoms with Gasteiger partial charge in [-0.25, -0.2) is 28.8 Å². The van der Waals surface area contributed by atoms with Crippen LogP contribution in [-0.4, -0.2) is 35.8 Å². The summed E-state index contributed by atoms with van der Waals surface area (Å²) in [7, 11) is 0. The average molecular weight is 732 g/mol. The van der Waals surface area contributed by atoms with Crippen molar-refractivity contribution < 1.29 is 57.2 Å². The van der Waals surface area contributed by atoms with Gasteiger partial charge in [-0.2, -0.15) is 0 Å². The lowest BCUT2D eigenvalue weighted by Crippen LogP contribution is -2.09. The Morgan fingerprint density at radius 1 is 0.291 bits per heavy atom. The molecule has 6 aromatic carbocycles. The van der Waals surface area contributed by atoms with E-state index < -0.39 is 35.8 Å². The van der Waals surface area contributed by atoms with Gasteiger partial charge in [-0.15, -0.1) is 0 Å². The van der Waals surface area contributed by atoms with Crippen molar-refractivity contribution >= 4 is 52.9 Å². The van der Waals surface area contributed by atoms with Gasteiger partial charge in [0.1, 0.15) is 34.5 Å². The molecule has 13 nitrogen and oxygen atoms in total. The van der Waals surface area contributed by atoms with Gasteiger partial charge < -0.3 is 33.3 Å². The molecule has 0 N–H and O–H groups in total. The number of nitrogens with zero attached hydrogens (tertiary/aromatic N) is 1. The van der Waals surface area contributed by atoms with Crippen LogP contribution in [0.15, 0.2) is 127 Å². The molecule has 0 aliphatic carbocycles. The van der Waals surface area contributed by atoms with E-state index >= 15 is 0 Å². The summed E-state index contributed by atoms with van der Waals surface area (Å²) in [6, 6.07) is 35.1. The van der Waals surface area contributed by atoms with Crippen LogP contribution in [0.1, 0.15) is 62.1 Å². The first-order valence-corrected chi connectivity index (χ1v) is 16.5. The Bertz CT molecular complexity index is 2360. The number of hydrogen-bond acceptors (Lipinski definition) is 13. The third-order valence-corrected chi connectivity index (χ3v) is 8.84. The number of fused-ring (bicyclic) bond motifs is 3. The Morgan fingerprint density at radius 3 is 0.800 bits per heavy atom. The number of carbonyl (C=O) groups excluding carboxylic acids is 6. The monoisotopic (exact) mass is 731 g/mol. The Hall–Kier alpha value is -8.06. The fraction of sp³-hybridized carbons (Fsp3) is 0. The van der Waals surface area contributed by atoms with E-state index in [4.69, 9.17) is 14.2 Å². The minimum absolute atomic E-state index is 0.132. The number of carbonyl (C=O) groups is 6. The third kappa shape index (κ3) is 6.06. The number of hydrogen-bond donors (Lipinski definition) is 0. The first kappa shape index (κ1) is 32.8. The summed E-state index contributed by atoms with van der Waals surface area (Å²) >= 11 is 0. The van der Waals surface area contributed by atoms with Crippen LogP contribution in [-0.2, 0) is 14.2 Å². The molecular weight excluding hydrogens is 710 g/mol. The average Bonchev–Trinajstić information content (AvgIpc) is 3.76. The third-order valence-electron chi connectivity index (χ3n) is 8.84. The van der Waals surface area contributed by atoms with Gasteiger partial charge in [-0.3, -0.25) is 0 Å². The highest BCUT2D eigenvalue weighted by Crippen LogP contribution is 2.39. The number of ether oxygens (including phenoxy) is 6. The van der Waals surface area contributed by atoms with Crippen molar-refractivity contribution in [3.8, 4) is 34.5 Å². The highest BCUT2D eigenvalue weighted by Gasteiger charge is 2.32. The molecule has 3 aliphatic rings. The molecule has 0 unspecified atom stereocenters. The lowest BCUT2D eigenvalue weighted by atomic mass is 10.1. The Kier molecular flexibility index (Phi) is 7.67. The molecule has 3 aliphatic heterocycles. The van der Waals surface area contributed by atoms with Crippen molar-refractivity contribution in [1.29, 1.82) is 0 Å². The van der Waals surface area contributed by atoms with E-state index in [2.05, 4.69) is 14.2 Å². The molecule has 0 aromatic heterocycles. The van der Waals surface area contributed by atoms with Gasteiger partial charge >= 0.3 is 35.8 Å². The van der Waals surface area contributed by atoms with Gasteiger partial charge in [0, 0.05) is 17.1 Å². The van der Waals surface area contributed by atoms with E-state index in [0.29, 0.717) is 34.5 Å². The van der Waals surface area contributed by atoms with E-state index in [1.54, 1.807) is 54.6 Å². The number of cyclic esters (lactones) is 6. The predicted molar refractivity (Wildman–Crippen MR) is 190 cm³/mol. The summed E-state index contributed by atoms with van der Waals surface area (Å²) in [5.74, 6) is -1.85. The zero-order valence-electron chi connectivity index (χ0n) is 28.0. The quantitative estimate of drug-likeness (QED) is 0.0792. The van der Waals surface area contributed by atoms with Gasteiger partial charge in [-0.1, -0.05) is 0 Å². The minimum Gasteiger partial charge on any atom is -0.457 e. The number of esters is 6. The Morgan fingerprint density at radius 2 is 0.527 bits per heavy atom. The van der Waals surface area contributed by atoms with Crippen molar-refractivity contribution in [2.24, 2.45) is 0 Å². The van der Waals surface area contributed by atoms with Crippen LogP contribution in [0.5, 0.6) is 34.5 Å². The largest absolute Gasteiger partial charge is 0.457 e. The molecule has 0 bridgehead atoms. The predicted octanol–water partition coefficient (Wildman–Crippen LogP) is 8.47. The summed E-state index contributed by atoms with van der Waals surface area (Å²) in [5.41, 5.74) is 3.15. The zero-order chi connectivity index (χ0) is 37.8. The maximum Gasteiger partial charge on any atom is 0.347 e. The van der Waals surface area contributed by atoms with E-state index in [0.717, 1.165) is 17.1 Å². The molecule has 0 spiro atoms. The van der Waals surface area contributed by atoms with Crippen molar-refractivity contribution in [1.82, 2.24) is 0 Å². The Balaban J connectivity index is 0.991. The molecule has 0 radical (unpaired) electrons. The molecule has 9 rings (SSSR count). The van der Waals surface area contributed by atoms with Crippen LogP contribution in [0, 0.1) is 0 Å².